The van der Waals surface area contributed by atoms with Gasteiger partial charge in [-0.2, -0.15) is 0 Å². The average molecular weight is 277 g/mol. The van der Waals surface area contributed by atoms with Crippen molar-refractivity contribution in [2.24, 2.45) is 0 Å². The Morgan fingerprint density at radius 3 is 3.11 bits per heavy atom. The largest absolute Gasteiger partial charge is 0.480 e. The van der Waals surface area contributed by atoms with Crippen molar-refractivity contribution in [2.75, 3.05) is 0 Å². The molecule has 5 nitrogen and oxygen atoms in total. The summed E-state index contributed by atoms with van der Waals surface area (Å²) in [5.41, 5.74) is 0.742. The number of aromatic nitrogens is 2. The van der Waals surface area contributed by atoms with Crippen molar-refractivity contribution >= 4 is 17.3 Å². The van der Waals surface area contributed by atoms with Gasteiger partial charge in [-0.05, 0) is 24.3 Å². The quantitative estimate of drug-likeness (QED) is 0.849. The van der Waals surface area contributed by atoms with Crippen LogP contribution in [0.2, 0.25) is 0 Å². The molecule has 19 heavy (non-hydrogen) atoms. The predicted molar refractivity (Wildman–Crippen MR) is 72.0 cm³/mol. The highest BCUT2D eigenvalue weighted by atomic mass is 32.1. The standard InChI is InChI=1S/C13H15N3O2S/c17-13(18)12(15-6-10-2-1-5-19-10)11-7-14-8-16(11)9-3-4-9/h1-2,5,7-9,12,15H,3-4,6H2,(H,17,18). The molecule has 0 aromatic carbocycles. The first-order valence-corrected chi connectivity index (χ1v) is 7.14. The molecule has 2 aromatic heterocycles. The molecule has 6 heteroatoms. The van der Waals surface area contributed by atoms with Gasteiger partial charge < -0.3 is 9.67 Å². The Labute approximate surface area is 114 Å². The lowest BCUT2D eigenvalue weighted by Crippen LogP contribution is -2.29. The molecule has 1 aliphatic rings. The van der Waals surface area contributed by atoms with E-state index in [1.54, 1.807) is 23.9 Å². The normalized spacial score (nSPS) is 16.4. The maximum Gasteiger partial charge on any atom is 0.326 e. The predicted octanol–water partition coefficient (Wildman–Crippen LogP) is 2.19. The van der Waals surface area contributed by atoms with Gasteiger partial charge >= 0.3 is 5.97 Å². The van der Waals surface area contributed by atoms with Gasteiger partial charge in [0.25, 0.3) is 0 Å². The van der Waals surface area contributed by atoms with Gasteiger partial charge in [0, 0.05) is 17.5 Å². The summed E-state index contributed by atoms with van der Waals surface area (Å²) in [5.74, 6) is -0.862. The Bertz CT molecular complexity index is 560. The highest BCUT2D eigenvalue weighted by Crippen LogP contribution is 2.36. The van der Waals surface area contributed by atoms with E-state index in [0.29, 0.717) is 12.6 Å². The van der Waals surface area contributed by atoms with Crippen molar-refractivity contribution in [3.8, 4) is 0 Å². The zero-order valence-electron chi connectivity index (χ0n) is 10.3. The Morgan fingerprint density at radius 1 is 1.63 bits per heavy atom. The molecule has 0 radical (unpaired) electrons. The van der Waals surface area contributed by atoms with Crippen LogP contribution in [0.1, 0.15) is 35.5 Å². The van der Waals surface area contributed by atoms with Crippen molar-refractivity contribution in [1.82, 2.24) is 14.9 Å². The van der Waals surface area contributed by atoms with Crippen LogP contribution in [-0.2, 0) is 11.3 Å². The summed E-state index contributed by atoms with van der Waals surface area (Å²) in [6, 6.07) is 3.69. The minimum absolute atomic E-state index is 0.433. The van der Waals surface area contributed by atoms with E-state index < -0.39 is 12.0 Å². The van der Waals surface area contributed by atoms with Gasteiger partial charge in [-0.15, -0.1) is 11.3 Å². The molecule has 0 bridgehead atoms. The summed E-state index contributed by atoms with van der Waals surface area (Å²) in [4.78, 5) is 16.7. The summed E-state index contributed by atoms with van der Waals surface area (Å²) in [5, 5.41) is 14.5. The highest BCUT2D eigenvalue weighted by molar-refractivity contribution is 7.09. The van der Waals surface area contributed by atoms with Gasteiger partial charge in [-0.3, -0.25) is 10.1 Å². The van der Waals surface area contributed by atoms with E-state index in [-0.39, 0.29) is 0 Å². The van der Waals surface area contributed by atoms with Gasteiger partial charge in [0.15, 0.2) is 0 Å². The second-order valence-electron chi connectivity index (χ2n) is 4.69. The lowest BCUT2D eigenvalue weighted by Gasteiger charge is -2.16. The molecule has 0 spiro atoms. The van der Waals surface area contributed by atoms with Crippen molar-refractivity contribution in [2.45, 2.75) is 31.5 Å². The third kappa shape index (κ3) is 2.69. The third-order valence-corrected chi connectivity index (χ3v) is 4.12. The number of aliphatic carboxylic acids is 1. The van der Waals surface area contributed by atoms with Crippen LogP contribution in [0.4, 0.5) is 0 Å². The first kappa shape index (κ1) is 12.4. The number of hydrogen-bond donors (Lipinski definition) is 2. The van der Waals surface area contributed by atoms with Crippen LogP contribution in [0.15, 0.2) is 30.0 Å². The van der Waals surface area contributed by atoms with Crippen LogP contribution in [0.3, 0.4) is 0 Å². The molecule has 0 amide bonds. The summed E-state index contributed by atoms with van der Waals surface area (Å²) < 4.78 is 1.99. The van der Waals surface area contributed by atoms with Gasteiger partial charge in [0.05, 0.1) is 18.2 Å². The van der Waals surface area contributed by atoms with Crippen molar-refractivity contribution in [1.29, 1.82) is 0 Å². The number of carboxylic acids is 1. The molecular weight excluding hydrogens is 262 g/mol. The Hall–Kier alpha value is -1.66. The molecule has 1 saturated carbocycles. The zero-order valence-corrected chi connectivity index (χ0v) is 11.1. The molecule has 1 unspecified atom stereocenters. The molecule has 1 atom stereocenters. The maximum absolute atomic E-state index is 11.5. The van der Waals surface area contributed by atoms with Crippen LogP contribution in [0, 0.1) is 0 Å². The molecule has 0 saturated heterocycles. The SMILES string of the molecule is O=C(O)C(NCc1cccs1)c1cncn1C1CC1. The number of nitrogens with one attached hydrogen (secondary N) is 1. The fourth-order valence-corrected chi connectivity index (χ4v) is 2.79. The van der Waals surface area contributed by atoms with Crippen molar-refractivity contribution < 1.29 is 9.90 Å². The molecule has 1 fully saturated rings. The monoisotopic (exact) mass is 277 g/mol. The van der Waals surface area contributed by atoms with E-state index in [1.807, 2.05) is 22.1 Å². The third-order valence-electron chi connectivity index (χ3n) is 3.24. The summed E-state index contributed by atoms with van der Waals surface area (Å²) in [7, 11) is 0. The number of carbonyl (C=O) groups is 1. The first-order chi connectivity index (χ1) is 9.25. The molecular formula is C13H15N3O2S. The molecule has 2 heterocycles. The maximum atomic E-state index is 11.5. The molecule has 100 valence electrons. The lowest BCUT2D eigenvalue weighted by molar-refractivity contribution is -0.139. The number of nitrogens with zero attached hydrogens (tertiary/aromatic N) is 2. The van der Waals surface area contributed by atoms with Gasteiger partial charge in [0.1, 0.15) is 6.04 Å². The summed E-state index contributed by atoms with van der Waals surface area (Å²) >= 11 is 1.62. The van der Waals surface area contributed by atoms with E-state index in [9.17, 15) is 9.90 Å². The fraction of sp³-hybridized carbons (Fsp3) is 0.385. The summed E-state index contributed by atoms with van der Waals surface area (Å²) in [6.45, 7) is 0.560. The zero-order chi connectivity index (χ0) is 13.2. The van der Waals surface area contributed by atoms with Crippen LogP contribution in [0.25, 0.3) is 0 Å². The molecule has 1 aliphatic carbocycles. The van der Waals surface area contributed by atoms with E-state index in [2.05, 4.69) is 10.3 Å². The van der Waals surface area contributed by atoms with Gasteiger partial charge in [0.2, 0.25) is 0 Å². The van der Waals surface area contributed by atoms with Crippen LogP contribution in [-0.4, -0.2) is 20.6 Å². The first-order valence-electron chi connectivity index (χ1n) is 6.26. The minimum Gasteiger partial charge on any atom is -0.480 e. The number of imidazole rings is 1. The Morgan fingerprint density at radius 2 is 2.47 bits per heavy atom. The van der Waals surface area contributed by atoms with E-state index in [1.165, 1.54) is 0 Å². The van der Waals surface area contributed by atoms with E-state index in [4.69, 9.17) is 0 Å². The average Bonchev–Trinajstić information content (AvgIpc) is 2.91. The smallest absolute Gasteiger partial charge is 0.326 e. The number of hydrogen-bond acceptors (Lipinski definition) is 4. The summed E-state index contributed by atoms with van der Waals surface area (Å²) in [6.07, 6.45) is 5.61. The number of thiophene rings is 1. The molecule has 0 aliphatic heterocycles. The minimum atomic E-state index is -0.862. The second kappa shape index (κ2) is 5.14. The second-order valence-corrected chi connectivity index (χ2v) is 5.72. The fourth-order valence-electron chi connectivity index (χ4n) is 2.13. The van der Waals surface area contributed by atoms with Gasteiger partial charge in [-0.1, -0.05) is 6.07 Å². The van der Waals surface area contributed by atoms with E-state index in [0.717, 1.165) is 23.4 Å². The van der Waals surface area contributed by atoms with Gasteiger partial charge in [-0.25, -0.2) is 4.98 Å². The molecule has 2 N–H and O–H groups in total. The van der Waals surface area contributed by atoms with E-state index >= 15 is 0 Å². The van der Waals surface area contributed by atoms with Crippen molar-refractivity contribution in [3.63, 3.8) is 0 Å². The topological polar surface area (TPSA) is 67.2 Å². The Kier molecular flexibility index (Phi) is 3.35. The lowest BCUT2D eigenvalue weighted by atomic mass is 10.2. The number of rotatable bonds is 6. The Balaban J connectivity index is 1.76. The van der Waals surface area contributed by atoms with Crippen molar-refractivity contribution in [3.05, 3.63) is 40.6 Å². The van der Waals surface area contributed by atoms with Crippen LogP contribution in [0.5, 0.6) is 0 Å². The van der Waals surface area contributed by atoms with Crippen LogP contribution >= 0.6 is 11.3 Å². The highest BCUT2D eigenvalue weighted by Gasteiger charge is 2.30. The molecule has 3 rings (SSSR count). The van der Waals surface area contributed by atoms with Crippen LogP contribution < -0.4 is 5.32 Å². The number of carboxylic acid groups (broad SMARTS) is 1. The molecule has 2 aromatic rings.